The van der Waals surface area contributed by atoms with Gasteiger partial charge in [0.25, 0.3) is 0 Å². The van der Waals surface area contributed by atoms with E-state index < -0.39 is 21.9 Å². The lowest BCUT2D eigenvalue weighted by Crippen LogP contribution is -2.17. The van der Waals surface area contributed by atoms with Crippen molar-refractivity contribution in [3.8, 4) is 5.75 Å². The Morgan fingerprint density at radius 2 is 1.61 bits per heavy atom. The highest BCUT2D eigenvalue weighted by Crippen LogP contribution is 2.27. The molecule has 33 heavy (non-hydrogen) atoms. The molecule has 0 fully saturated rings. The number of alkyl halides is 3. The zero-order chi connectivity index (χ0) is 23.6. The van der Waals surface area contributed by atoms with Crippen molar-refractivity contribution < 1.29 is 31.1 Å². The first-order valence-corrected chi connectivity index (χ1v) is 11.1. The highest BCUT2D eigenvalue weighted by molar-refractivity contribution is 7.91. The summed E-state index contributed by atoms with van der Waals surface area (Å²) in [5, 5.41) is 7.31. The minimum atomic E-state index is -4.86. The van der Waals surface area contributed by atoms with Crippen LogP contribution in [0, 0.1) is 0 Å². The van der Waals surface area contributed by atoms with Gasteiger partial charge in [-0.2, -0.15) is 5.10 Å². The number of ketones is 1. The summed E-state index contributed by atoms with van der Waals surface area (Å²) in [4.78, 5) is 16.4. The van der Waals surface area contributed by atoms with Gasteiger partial charge in [-0.15, -0.1) is 13.2 Å². The van der Waals surface area contributed by atoms with Crippen molar-refractivity contribution in [1.29, 1.82) is 0 Å². The summed E-state index contributed by atoms with van der Waals surface area (Å²) in [5.74, 6) is -0.618. The SMILES string of the molecule is O=C(CCc1ccc(S(=O)(=O)c2ccc(OC(F)(F)F)cc2)cc1)c1cnc2[nH]ncc2c1. The number of rotatable bonds is 7. The molecule has 0 amide bonds. The number of carbonyl (C=O) groups excluding carboxylic acids is 1. The topological polar surface area (TPSA) is 102 Å². The molecule has 0 aliphatic rings. The molecule has 4 aromatic rings. The van der Waals surface area contributed by atoms with Gasteiger partial charge in [0, 0.05) is 23.6 Å². The van der Waals surface area contributed by atoms with Gasteiger partial charge in [0.05, 0.1) is 16.0 Å². The number of H-pyrrole nitrogens is 1. The molecule has 2 heterocycles. The van der Waals surface area contributed by atoms with Crippen molar-refractivity contribution in [2.75, 3.05) is 0 Å². The molecule has 0 bridgehead atoms. The van der Waals surface area contributed by atoms with Crippen LogP contribution in [0.2, 0.25) is 0 Å². The molecule has 0 spiro atoms. The summed E-state index contributed by atoms with van der Waals surface area (Å²) < 4.78 is 66.1. The second-order valence-electron chi connectivity index (χ2n) is 7.12. The number of carbonyl (C=O) groups is 1. The summed E-state index contributed by atoms with van der Waals surface area (Å²) in [5.41, 5.74) is 1.81. The number of hydrogen-bond acceptors (Lipinski definition) is 6. The molecule has 11 heteroatoms. The third-order valence-electron chi connectivity index (χ3n) is 4.86. The highest BCUT2D eigenvalue weighted by Gasteiger charge is 2.31. The fraction of sp³-hybridized carbons (Fsp3) is 0.136. The monoisotopic (exact) mass is 475 g/mol. The van der Waals surface area contributed by atoms with Crippen LogP contribution in [0.1, 0.15) is 22.3 Å². The lowest BCUT2D eigenvalue weighted by molar-refractivity contribution is -0.274. The van der Waals surface area contributed by atoms with Gasteiger partial charge >= 0.3 is 6.36 Å². The number of aromatic amines is 1. The fourth-order valence-corrected chi connectivity index (χ4v) is 4.44. The molecule has 0 aliphatic heterocycles. The Morgan fingerprint density at radius 3 is 2.24 bits per heavy atom. The van der Waals surface area contributed by atoms with Crippen LogP contribution in [-0.2, 0) is 16.3 Å². The average molecular weight is 475 g/mol. The van der Waals surface area contributed by atoms with Gasteiger partial charge < -0.3 is 4.74 Å². The average Bonchev–Trinajstić information content (AvgIpc) is 3.25. The number of ether oxygens (including phenoxy) is 1. The minimum Gasteiger partial charge on any atom is -0.406 e. The van der Waals surface area contributed by atoms with Crippen LogP contribution in [-0.4, -0.2) is 35.7 Å². The zero-order valence-electron chi connectivity index (χ0n) is 16.8. The van der Waals surface area contributed by atoms with Crippen LogP contribution >= 0.6 is 0 Å². The second-order valence-corrected chi connectivity index (χ2v) is 9.07. The van der Waals surface area contributed by atoms with E-state index in [0.29, 0.717) is 17.6 Å². The molecule has 0 radical (unpaired) electrons. The Balaban J connectivity index is 1.42. The van der Waals surface area contributed by atoms with Crippen molar-refractivity contribution >= 4 is 26.7 Å². The molecular formula is C22H16F3N3O4S. The fourth-order valence-electron chi connectivity index (χ4n) is 3.18. The molecule has 0 saturated heterocycles. The maximum absolute atomic E-state index is 12.7. The molecule has 0 aliphatic carbocycles. The standard InChI is InChI=1S/C22H16F3N3O4S/c23-22(24,25)32-17-4-8-19(9-5-17)33(30,31)18-6-1-14(2-7-18)3-10-20(29)15-11-16-13-27-28-21(16)26-12-15/h1-2,4-9,11-13H,3,10H2,(H,26,27,28). The van der Waals surface area contributed by atoms with Crippen LogP contribution < -0.4 is 4.74 Å². The number of benzene rings is 2. The number of nitrogens with zero attached hydrogens (tertiary/aromatic N) is 2. The molecule has 2 aromatic heterocycles. The Kier molecular flexibility index (Phi) is 5.90. The zero-order valence-corrected chi connectivity index (χ0v) is 17.7. The normalized spacial score (nSPS) is 12.1. The first-order chi connectivity index (χ1) is 15.6. The lowest BCUT2D eigenvalue weighted by Gasteiger charge is -2.10. The summed E-state index contributed by atoms with van der Waals surface area (Å²) in [6, 6.07) is 11.7. The van der Waals surface area contributed by atoms with Crippen molar-refractivity contribution in [1.82, 2.24) is 15.2 Å². The number of pyridine rings is 1. The van der Waals surface area contributed by atoms with Gasteiger partial charge in [0.1, 0.15) is 5.75 Å². The van der Waals surface area contributed by atoms with E-state index in [9.17, 15) is 26.4 Å². The summed E-state index contributed by atoms with van der Waals surface area (Å²) in [6.45, 7) is 0. The van der Waals surface area contributed by atoms with Crippen LogP contribution in [0.25, 0.3) is 11.0 Å². The van der Waals surface area contributed by atoms with Crippen molar-refractivity contribution in [2.45, 2.75) is 29.0 Å². The van der Waals surface area contributed by atoms with E-state index >= 15 is 0 Å². The number of hydrogen-bond donors (Lipinski definition) is 1. The number of halogens is 3. The number of Topliss-reactive ketones (excluding diaryl/α,β-unsaturated/α-hetero) is 1. The van der Waals surface area contributed by atoms with E-state index in [1.165, 1.54) is 18.3 Å². The number of nitrogens with one attached hydrogen (secondary N) is 1. The number of sulfone groups is 1. The predicted octanol–water partition coefficient (Wildman–Crippen LogP) is 4.50. The van der Waals surface area contributed by atoms with Crippen LogP contribution in [0.3, 0.4) is 0 Å². The number of aromatic nitrogens is 3. The van der Waals surface area contributed by atoms with E-state index in [1.54, 1.807) is 24.4 Å². The third-order valence-corrected chi connectivity index (χ3v) is 6.64. The summed E-state index contributed by atoms with van der Waals surface area (Å²) in [6.07, 6.45) is -1.21. The molecule has 0 atom stereocenters. The molecular weight excluding hydrogens is 459 g/mol. The molecule has 0 unspecified atom stereocenters. The molecule has 0 saturated carbocycles. The molecule has 1 N–H and O–H groups in total. The maximum Gasteiger partial charge on any atom is 0.573 e. The Morgan fingerprint density at radius 1 is 0.970 bits per heavy atom. The Bertz CT molecular complexity index is 1400. The second kappa shape index (κ2) is 8.66. The lowest BCUT2D eigenvalue weighted by atomic mass is 10.0. The smallest absolute Gasteiger partial charge is 0.406 e. The predicted molar refractivity (Wildman–Crippen MR) is 112 cm³/mol. The van der Waals surface area contributed by atoms with Crippen molar-refractivity contribution in [3.05, 3.63) is 78.1 Å². The van der Waals surface area contributed by atoms with Crippen LogP contribution in [0.4, 0.5) is 13.2 Å². The molecule has 170 valence electrons. The van der Waals surface area contributed by atoms with Gasteiger partial charge in [-0.1, -0.05) is 12.1 Å². The maximum atomic E-state index is 12.7. The van der Waals surface area contributed by atoms with Gasteiger partial charge in [-0.3, -0.25) is 9.89 Å². The summed E-state index contributed by atoms with van der Waals surface area (Å²) in [7, 11) is -3.93. The van der Waals surface area contributed by atoms with Gasteiger partial charge in [0.15, 0.2) is 11.4 Å². The van der Waals surface area contributed by atoms with Crippen LogP contribution in [0.5, 0.6) is 5.75 Å². The van der Waals surface area contributed by atoms with Gasteiger partial charge in [-0.05, 0) is 54.4 Å². The molecule has 7 nitrogen and oxygen atoms in total. The number of fused-ring (bicyclic) bond motifs is 1. The Labute approximate surface area is 186 Å². The van der Waals surface area contributed by atoms with Gasteiger partial charge in [0.2, 0.25) is 9.84 Å². The molecule has 2 aromatic carbocycles. The van der Waals surface area contributed by atoms with E-state index in [0.717, 1.165) is 35.2 Å². The Hall–Kier alpha value is -3.73. The quantitative estimate of drug-likeness (QED) is 0.395. The van der Waals surface area contributed by atoms with E-state index in [4.69, 9.17) is 0 Å². The first kappa shape index (κ1) is 22.5. The van der Waals surface area contributed by atoms with Crippen LogP contribution in [0.15, 0.2) is 76.8 Å². The molecule has 4 rings (SSSR count). The summed E-state index contributed by atoms with van der Waals surface area (Å²) >= 11 is 0. The third kappa shape index (κ3) is 5.20. The van der Waals surface area contributed by atoms with Crippen molar-refractivity contribution in [3.63, 3.8) is 0 Å². The number of aryl methyl sites for hydroxylation is 1. The van der Waals surface area contributed by atoms with Gasteiger partial charge in [-0.25, -0.2) is 13.4 Å². The highest BCUT2D eigenvalue weighted by atomic mass is 32.2. The first-order valence-electron chi connectivity index (χ1n) is 9.64. The van der Waals surface area contributed by atoms with E-state index in [2.05, 4.69) is 19.9 Å². The van der Waals surface area contributed by atoms with E-state index in [1.807, 2.05) is 0 Å². The largest absolute Gasteiger partial charge is 0.573 e. The van der Waals surface area contributed by atoms with Crippen molar-refractivity contribution in [2.24, 2.45) is 0 Å². The van der Waals surface area contributed by atoms with E-state index in [-0.39, 0.29) is 22.0 Å². The minimum absolute atomic E-state index is 0.0170.